The lowest BCUT2D eigenvalue weighted by Gasteiger charge is -2.17. The highest BCUT2D eigenvalue weighted by Crippen LogP contribution is 2.35. The Kier molecular flexibility index (Phi) is 5.53. The first-order valence-electron chi connectivity index (χ1n) is 10.5. The summed E-state index contributed by atoms with van der Waals surface area (Å²) in [5.74, 6) is -1.03. The van der Waals surface area contributed by atoms with Crippen LogP contribution in [0.4, 0.5) is 27.1 Å². The number of carbonyl (C=O) groups excluding carboxylic acids is 1. The predicted octanol–water partition coefficient (Wildman–Crippen LogP) is 5.42. The van der Waals surface area contributed by atoms with Gasteiger partial charge in [-0.05, 0) is 60.2 Å². The van der Waals surface area contributed by atoms with Crippen molar-refractivity contribution in [1.82, 2.24) is 15.0 Å². The largest absolute Gasteiger partial charge is 0.364 e. The second kappa shape index (κ2) is 8.95. The van der Waals surface area contributed by atoms with Gasteiger partial charge in [0.1, 0.15) is 11.5 Å². The van der Waals surface area contributed by atoms with E-state index in [-0.39, 0.29) is 11.5 Å². The maximum absolute atomic E-state index is 14.0. The molecule has 34 heavy (non-hydrogen) atoms. The minimum Gasteiger partial charge on any atom is -0.364 e. The normalized spacial score (nSPS) is 10.7. The number of nitrogens with zero attached hydrogens (tertiary/aromatic N) is 3. The first-order chi connectivity index (χ1) is 16.6. The van der Waals surface area contributed by atoms with Crippen LogP contribution in [0, 0.1) is 5.82 Å². The number of nitrogens with one attached hydrogen (secondary N) is 2. The maximum atomic E-state index is 14.0. The molecule has 5 rings (SSSR count). The topological polar surface area (TPSA) is 106 Å². The van der Waals surface area contributed by atoms with E-state index < -0.39 is 5.91 Å². The third-order valence-electron chi connectivity index (χ3n) is 5.28. The number of hydrogen-bond acceptors (Lipinski definition) is 6. The molecule has 0 aliphatic carbocycles. The predicted molar refractivity (Wildman–Crippen MR) is 131 cm³/mol. The summed E-state index contributed by atoms with van der Waals surface area (Å²) in [5.41, 5.74) is 10.6. The Hall–Kier alpha value is -4.85. The van der Waals surface area contributed by atoms with Crippen LogP contribution in [-0.2, 0) is 0 Å². The first kappa shape index (κ1) is 21.0. The van der Waals surface area contributed by atoms with Crippen molar-refractivity contribution in [2.24, 2.45) is 5.73 Å². The van der Waals surface area contributed by atoms with Crippen LogP contribution in [0.1, 0.15) is 10.5 Å². The van der Waals surface area contributed by atoms with E-state index in [1.54, 1.807) is 36.8 Å². The number of aromatic nitrogens is 3. The summed E-state index contributed by atoms with van der Waals surface area (Å²) in [6.45, 7) is 0. The Morgan fingerprint density at radius 1 is 0.794 bits per heavy atom. The molecule has 0 fully saturated rings. The number of fused-ring (bicyclic) bond motifs is 1. The molecule has 166 valence electrons. The standard InChI is InChI=1S/C26H19FN6O/c27-17-4-5-21-20(15-17)22(8-12-30-21)33-23-9-13-31-25(26(28)34)24(23)16-2-1-3-19(14-16)32-18-6-10-29-11-7-18/h1-15H,(H2,28,34)(H,29,32)(H,30,31,33). The molecule has 7 nitrogen and oxygen atoms in total. The smallest absolute Gasteiger partial charge is 0.268 e. The molecule has 0 spiro atoms. The summed E-state index contributed by atoms with van der Waals surface area (Å²) in [6, 6.07) is 19.2. The Labute approximate surface area is 194 Å². The number of benzene rings is 2. The number of primary amides is 1. The van der Waals surface area contributed by atoms with Gasteiger partial charge in [0.05, 0.1) is 11.2 Å². The summed E-state index contributed by atoms with van der Waals surface area (Å²) < 4.78 is 14.0. The van der Waals surface area contributed by atoms with Gasteiger partial charge in [0.2, 0.25) is 0 Å². The maximum Gasteiger partial charge on any atom is 0.268 e. The van der Waals surface area contributed by atoms with E-state index in [2.05, 4.69) is 25.6 Å². The second-order valence-corrected chi connectivity index (χ2v) is 7.53. The van der Waals surface area contributed by atoms with E-state index in [0.717, 1.165) is 16.9 Å². The quantitative estimate of drug-likeness (QED) is 0.319. The van der Waals surface area contributed by atoms with Crippen LogP contribution >= 0.6 is 0 Å². The van der Waals surface area contributed by atoms with Gasteiger partial charge in [0.25, 0.3) is 5.91 Å². The van der Waals surface area contributed by atoms with Crippen LogP contribution < -0.4 is 16.4 Å². The zero-order valence-corrected chi connectivity index (χ0v) is 17.9. The molecule has 3 heterocycles. The molecular formula is C26H19FN6O. The molecule has 0 aliphatic heterocycles. The molecule has 0 saturated carbocycles. The molecule has 0 aliphatic rings. The van der Waals surface area contributed by atoms with Crippen LogP contribution in [0.5, 0.6) is 0 Å². The third-order valence-corrected chi connectivity index (χ3v) is 5.28. The molecule has 3 aromatic heterocycles. The molecule has 1 amide bonds. The Bertz CT molecular complexity index is 1510. The van der Waals surface area contributed by atoms with Crippen molar-refractivity contribution in [3.63, 3.8) is 0 Å². The minimum atomic E-state index is -0.656. The van der Waals surface area contributed by atoms with Gasteiger partial charge in [-0.15, -0.1) is 0 Å². The lowest BCUT2D eigenvalue weighted by molar-refractivity contribution is 0.0996. The SMILES string of the molecule is NC(=O)c1nccc(Nc2ccnc3ccc(F)cc23)c1-c1cccc(Nc2ccncc2)c1. The Balaban J connectivity index is 1.61. The first-order valence-corrected chi connectivity index (χ1v) is 10.5. The fourth-order valence-corrected chi connectivity index (χ4v) is 3.77. The lowest BCUT2D eigenvalue weighted by atomic mass is 10.00. The van der Waals surface area contributed by atoms with Crippen molar-refractivity contribution in [2.45, 2.75) is 0 Å². The molecule has 0 saturated heterocycles. The van der Waals surface area contributed by atoms with Gasteiger partial charge in [-0.1, -0.05) is 12.1 Å². The number of amides is 1. The lowest BCUT2D eigenvalue weighted by Crippen LogP contribution is -2.15. The zero-order chi connectivity index (χ0) is 23.5. The van der Waals surface area contributed by atoms with E-state index in [4.69, 9.17) is 5.73 Å². The highest BCUT2D eigenvalue weighted by Gasteiger charge is 2.18. The summed E-state index contributed by atoms with van der Waals surface area (Å²) >= 11 is 0. The monoisotopic (exact) mass is 450 g/mol. The number of anilines is 4. The minimum absolute atomic E-state index is 0.121. The highest BCUT2D eigenvalue weighted by molar-refractivity contribution is 6.03. The fraction of sp³-hybridized carbons (Fsp3) is 0. The molecule has 2 aromatic carbocycles. The van der Waals surface area contributed by atoms with Gasteiger partial charge >= 0.3 is 0 Å². The molecule has 8 heteroatoms. The van der Waals surface area contributed by atoms with Crippen molar-refractivity contribution < 1.29 is 9.18 Å². The van der Waals surface area contributed by atoms with Crippen molar-refractivity contribution >= 4 is 39.6 Å². The van der Waals surface area contributed by atoms with Gasteiger partial charge < -0.3 is 16.4 Å². The zero-order valence-electron chi connectivity index (χ0n) is 17.9. The number of pyridine rings is 3. The second-order valence-electron chi connectivity index (χ2n) is 7.53. The number of halogens is 1. The van der Waals surface area contributed by atoms with Gasteiger partial charge in [0, 0.05) is 52.8 Å². The highest BCUT2D eigenvalue weighted by atomic mass is 19.1. The van der Waals surface area contributed by atoms with Crippen molar-refractivity contribution in [3.05, 3.63) is 103 Å². The van der Waals surface area contributed by atoms with Crippen LogP contribution in [0.3, 0.4) is 0 Å². The number of carbonyl (C=O) groups is 1. The molecule has 0 unspecified atom stereocenters. The third kappa shape index (κ3) is 4.24. The number of nitrogens with two attached hydrogens (primary N) is 1. The average Bonchev–Trinajstić information content (AvgIpc) is 2.85. The van der Waals surface area contributed by atoms with Crippen LogP contribution in [0.15, 0.2) is 91.5 Å². The van der Waals surface area contributed by atoms with Crippen LogP contribution in [0.25, 0.3) is 22.0 Å². The van der Waals surface area contributed by atoms with Crippen molar-refractivity contribution in [1.29, 1.82) is 0 Å². The molecule has 0 bridgehead atoms. The summed E-state index contributed by atoms with van der Waals surface area (Å²) in [7, 11) is 0. The van der Waals surface area contributed by atoms with E-state index in [1.165, 1.54) is 18.3 Å². The Morgan fingerprint density at radius 3 is 2.41 bits per heavy atom. The van der Waals surface area contributed by atoms with E-state index in [1.807, 2.05) is 36.4 Å². The molecule has 4 N–H and O–H groups in total. The molecule has 0 radical (unpaired) electrons. The number of hydrogen-bond donors (Lipinski definition) is 3. The number of rotatable bonds is 6. The van der Waals surface area contributed by atoms with E-state index >= 15 is 0 Å². The van der Waals surface area contributed by atoms with E-state index in [9.17, 15) is 9.18 Å². The summed E-state index contributed by atoms with van der Waals surface area (Å²) in [4.78, 5) is 24.8. The van der Waals surface area contributed by atoms with Gasteiger partial charge in [-0.25, -0.2) is 4.39 Å². The van der Waals surface area contributed by atoms with Gasteiger partial charge in [-0.3, -0.25) is 19.7 Å². The summed E-state index contributed by atoms with van der Waals surface area (Å²) in [5, 5.41) is 7.25. The van der Waals surface area contributed by atoms with Crippen molar-refractivity contribution in [3.8, 4) is 11.1 Å². The summed E-state index contributed by atoms with van der Waals surface area (Å²) in [6.07, 6.45) is 6.54. The molecule has 0 atom stereocenters. The van der Waals surface area contributed by atoms with Gasteiger partial charge in [-0.2, -0.15) is 0 Å². The average molecular weight is 450 g/mol. The molecule has 5 aromatic rings. The van der Waals surface area contributed by atoms with Crippen molar-refractivity contribution in [2.75, 3.05) is 10.6 Å². The molecular weight excluding hydrogens is 431 g/mol. The van der Waals surface area contributed by atoms with Gasteiger partial charge in [0.15, 0.2) is 0 Å². The Morgan fingerprint density at radius 2 is 1.59 bits per heavy atom. The van der Waals surface area contributed by atoms with Crippen LogP contribution in [0.2, 0.25) is 0 Å². The van der Waals surface area contributed by atoms with E-state index in [0.29, 0.717) is 27.8 Å². The van der Waals surface area contributed by atoms with Crippen LogP contribution in [-0.4, -0.2) is 20.9 Å². The fourth-order valence-electron chi connectivity index (χ4n) is 3.77.